The summed E-state index contributed by atoms with van der Waals surface area (Å²) in [6.45, 7) is 0. The Labute approximate surface area is 138 Å². The van der Waals surface area contributed by atoms with Crippen molar-refractivity contribution in [2.45, 2.75) is 6.04 Å². The maximum atomic E-state index is 12.2. The summed E-state index contributed by atoms with van der Waals surface area (Å²) in [6.07, 6.45) is -0.811. The highest BCUT2D eigenvalue weighted by Gasteiger charge is 2.19. The van der Waals surface area contributed by atoms with Gasteiger partial charge in [0.05, 0.1) is 6.04 Å². The molecule has 1 aromatic heterocycles. The van der Waals surface area contributed by atoms with E-state index in [9.17, 15) is 15.0 Å². The summed E-state index contributed by atoms with van der Waals surface area (Å²) in [4.78, 5) is 17.2. The molecule has 3 aromatic rings. The summed E-state index contributed by atoms with van der Waals surface area (Å²) in [5.41, 5.74) is 1.75. The number of hydrogen-bond donors (Lipinski definition) is 3. The number of amides is 1. The molecule has 6 nitrogen and oxygen atoms in total. The number of aromatic hydroxyl groups is 2. The number of nitrogens with zero attached hydrogens (tertiary/aromatic N) is 1. The molecule has 1 amide bonds. The Bertz CT molecular complexity index is 757. The normalized spacial score (nSPS) is 10.5. The molecule has 0 aliphatic carbocycles. The second kappa shape index (κ2) is 6.78. The van der Waals surface area contributed by atoms with Crippen molar-refractivity contribution in [2.75, 3.05) is 0 Å². The van der Waals surface area contributed by atoms with Crippen molar-refractivity contribution < 1.29 is 19.8 Å². The first-order valence-electron chi connectivity index (χ1n) is 7.33. The van der Waals surface area contributed by atoms with Gasteiger partial charge in [0.15, 0.2) is 0 Å². The number of rotatable bonds is 4. The molecular weight excluding hydrogens is 308 g/mol. The molecule has 2 aromatic carbocycles. The SMILES string of the molecule is O=C(NC(c1ccccc1)c1ccccc1)On1c(O)ccc1O. The number of carbonyl (C=O) groups is 1. The van der Waals surface area contributed by atoms with Crippen molar-refractivity contribution in [3.05, 3.63) is 83.9 Å². The van der Waals surface area contributed by atoms with E-state index < -0.39 is 12.1 Å². The zero-order chi connectivity index (χ0) is 16.9. The second-order valence-corrected chi connectivity index (χ2v) is 5.12. The molecule has 24 heavy (non-hydrogen) atoms. The molecule has 0 aliphatic heterocycles. The lowest BCUT2D eigenvalue weighted by atomic mass is 9.99. The number of aromatic nitrogens is 1. The van der Waals surface area contributed by atoms with Crippen LogP contribution in [0.25, 0.3) is 0 Å². The fraction of sp³-hybridized carbons (Fsp3) is 0.0556. The van der Waals surface area contributed by atoms with Crippen molar-refractivity contribution in [3.8, 4) is 11.8 Å². The van der Waals surface area contributed by atoms with Gasteiger partial charge in [-0.3, -0.25) is 0 Å². The van der Waals surface area contributed by atoms with Crippen molar-refractivity contribution >= 4 is 6.09 Å². The van der Waals surface area contributed by atoms with Gasteiger partial charge in [-0.1, -0.05) is 60.7 Å². The van der Waals surface area contributed by atoms with Gasteiger partial charge in [0, 0.05) is 12.1 Å². The maximum absolute atomic E-state index is 12.2. The van der Waals surface area contributed by atoms with E-state index in [0.29, 0.717) is 4.73 Å². The Hall–Kier alpha value is -3.41. The summed E-state index contributed by atoms with van der Waals surface area (Å²) in [6, 6.07) is 20.9. The highest BCUT2D eigenvalue weighted by Crippen LogP contribution is 2.22. The maximum Gasteiger partial charge on any atom is 0.432 e. The van der Waals surface area contributed by atoms with Crippen LogP contribution >= 0.6 is 0 Å². The van der Waals surface area contributed by atoms with E-state index in [0.717, 1.165) is 11.1 Å². The zero-order valence-electron chi connectivity index (χ0n) is 12.7. The largest absolute Gasteiger partial charge is 0.492 e. The average molecular weight is 324 g/mol. The number of nitrogens with one attached hydrogen (secondary N) is 1. The monoisotopic (exact) mass is 324 g/mol. The number of benzene rings is 2. The van der Waals surface area contributed by atoms with Gasteiger partial charge in [-0.2, -0.15) is 0 Å². The van der Waals surface area contributed by atoms with E-state index in [-0.39, 0.29) is 11.8 Å². The number of carbonyl (C=O) groups excluding carboxylic acids is 1. The lowest BCUT2D eigenvalue weighted by molar-refractivity contribution is 0.106. The van der Waals surface area contributed by atoms with Crippen LogP contribution in [-0.2, 0) is 0 Å². The summed E-state index contributed by atoms with van der Waals surface area (Å²) in [5, 5.41) is 21.8. The van der Waals surface area contributed by atoms with Gasteiger partial charge < -0.3 is 20.4 Å². The van der Waals surface area contributed by atoms with Crippen LogP contribution in [0.5, 0.6) is 11.8 Å². The quantitative estimate of drug-likeness (QED) is 0.689. The fourth-order valence-corrected chi connectivity index (χ4v) is 2.37. The predicted molar refractivity (Wildman–Crippen MR) is 87.6 cm³/mol. The third-order valence-electron chi connectivity index (χ3n) is 3.50. The van der Waals surface area contributed by atoms with E-state index in [1.54, 1.807) is 0 Å². The average Bonchev–Trinajstić information content (AvgIpc) is 2.93. The van der Waals surface area contributed by atoms with E-state index in [1.165, 1.54) is 12.1 Å². The lowest BCUT2D eigenvalue weighted by Crippen LogP contribution is -2.35. The third kappa shape index (κ3) is 3.33. The number of hydrogen-bond acceptors (Lipinski definition) is 4. The predicted octanol–water partition coefficient (Wildman–Crippen LogP) is 2.83. The Balaban J connectivity index is 1.83. The smallest absolute Gasteiger partial charge is 0.432 e. The summed E-state index contributed by atoms with van der Waals surface area (Å²) < 4.78 is 0.641. The van der Waals surface area contributed by atoms with Crippen molar-refractivity contribution in [2.24, 2.45) is 0 Å². The molecular formula is C18H16N2O4. The molecule has 0 bridgehead atoms. The van der Waals surface area contributed by atoms with Gasteiger partial charge in [0.1, 0.15) is 0 Å². The van der Waals surface area contributed by atoms with Gasteiger partial charge in [-0.25, -0.2) is 4.79 Å². The summed E-state index contributed by atoms with van der Waals surface area (Å²) in [7, 11) is 0. The van der Waals surface area contributed by atoms with Crippen LogP contribution in [0.2, 0.25) is 0 Å². The fourth-order valence-electron chi connectivity index (χ4n) is 2.37. The van der Waals surface area contributed by atoms with Gasteiger partial charge in [0.2, 0.25) is 11.8 Å². The summed E-state index contributed by atoms with van der Waals surface area (Å²) >= 11 is 0. The molecule has 122 valence electrons. The van der Waals surface area contributed by atoms with Crippen molar-refractivity contribution in [1.82, 2.24) is 10.0 Å². The molecule has 3 rings (SSSR count). The standard InChI is InChI=1S/C18H16N2O4/c21-15-11-12-16(22)20(15)24-18(23)19-17(13-7-3-1-4-8-13)14-9-5-2-6-10-14/h1-12,17,21-22H,(H,19,23). The van der Waals surface area contributed by atoms with Gasteiger partial charge in [-0.15, -0.1) is 4.73 Å². The molecule has 3 N–H and O–H groups in total. The Kier molecular flexibility index (Phi) is 4.38. The zero-order valence-corrected chi connectivity index (χ0v) is 12.7. The third-order valence-corrected chi connectivity index (χ3v) is 3.50. The molecule has 1 heterocycles. The van der Waals surface area contributed by atoms with Crippen molar-refractivity contribution in [1.29, 1.82) is 0 Å². The topological polar surface area (TPSA) is 83.7 Å². The van der Waals surface area contributed by atoms with Crippen LogP contribution in [0.3, 0.4) is 0 Å². The molecule has 0 spiro atoms. The highest BCUT2D eigenvalue weighted by molar-refractivity contribution is 5.69. The van der Waals surface area contributed by atoms with Gasteiger partial charge in [0.25, 0.3) is 0 Å². The molecule has 0 saturated carbocycles. The summed E-state index contributed by atoms with van der Waals surface area (Å²) in [5.74, 6) is -0.753. The minimum atomic E-state index is -0.811. The van der Waals surface area contributed by atoms with Gasteiger partial charge in [-0.05, 0) is 11.1 Å². The Morgan fingerprint density at radius 2 is 1.29 bits per heavy atom. The van der Waals surface area contributed by atoms with Crippen LogP contribution in [0.1, 0.15) is 17.2 Å². The first-order valence-corrected chi connectivity index (χ1v) is 7.33. The van der Waals surface area contributed by atoms with Crippen LogP contribution in [-0.4, -0.2) is 21.0 Å². The van der Waals surface area contributed by atoms with Crippen LogP contribution in [0.4, 0.5) is 4.79 Å². The first kappa shape index (κ1) is 15.5. The van der Waals surface area contributed by atoms with Gasteiger partial charge >= 0.3 is 6.09 Å². The molecule has 0 fully saturated rings. The van der Waals surface area contributed by atoms with Crippen LogP contribution < -0.4 is 10.2 Å². The minimum Gasteiger partial charge on any atom is -0.492 e. The molecule has 0 atom stereocenters. The molecule has 0 radical (unpaired) electrons. The second-order valence-electron chi connectivity index (χ2n) is 5.12. The molecule has 0 unspecified atom stereocenters. The van der Waals surface area contributed by atoms with Crippen molar-refractivity contribution in [3.63, 3.8) is 0 Å². The molecule has 6 heteroatoms. The van der Waals surface area contributed by atoms with E-state index in [4.69, 9.17) is 4.84 Å². The molecule has 0 saturated heterocycles. The Morgan fingerprint density at radius 1 is 0.833 bits per heavy atom. The Morgan fingerprint density at radius 3 is 1.75 bits per heavy atom. The lowest BCUT2D eigenvalue weighted by Gasteiger charge is -2.19. The van der Waals surface area contributed by atoms with Crippen LogP contribution in [0.15, 0.2) is 72.8 Å². The van der Waals surface area contributed by atoms with E-state index in [2.05, 4.69) is 5.32 Å². The van der Waals surface area contributed by atoms with E-state index >= 15 is 0 Å². The first-order chi connectivity index (χ1) is 11.6. The van der Waals surface area contributed by atoms with Crippen LogP contribution in [0, 0.1) is 0 Å². The molecule has 0 aliphatic rings. The highest BCUT2D eigenvalue weighted by atomic mass is 16.7. The minimum absolute atomic E-state index is 0.376. The van der Waals surface area contributed by atoms with E-state index in [1.807, 2.05) is 60.7 Å².